The second-order valence-electron chi connectivity index (χ2n) is 5.11. The van der Waals surface area contributed by atoms with Crippen LogP contribution in [0.3, 0.4) is 0 Å². The van der Waals surface area contributed by atoms with Gasteiger partial charge in [-0.25, -0.2) is 13.1 Å². The molecule has 0 saturated carbocycles. The maximum Gasteiger partial charge on any atom is 0.322 e. The lowest BCUT2D eigenvalue weighted by Gasteiger charge is -2.25. The van der Waals surface area contributed by atoms with Gasteiger partial charge in [0, 0.05) is 18.6 Å². The Morgan fingerprint density at radius 1 is 1.14 bits per heavy atom. The summed E-state index contributed by atoms with van der Waals surface area (Å²) in [6.45, 7) is 6.39. The maximum absolute atomic E-state index is 11.3. The van der Waals surface area contributed by atoms with Crippen molar-refractivity contribution in [3.05, 3.63) is 0 Å². The Bertz CT molecular complexity index is 575. The van der Waals surface area contributed by atoms with Crippen LogP contribution in [0.4, 0.5) is 11.9 Å². The Balaban J connectivity index is 2.80. The lowest BCUT2D eigenvalue weighted by Crippen LogP contribution is -2.48. The van der Waals surface area contributed by atoms with E-state index in [0.717, 1.165) is 6.26 Å². The fourth-order valence-corrected chi connectivity index (χ4v) is 2.68. The summed E-state index contributed by atoms with van der Waals surface area (Å²) in [6.07, 6.45) is 1.12. The van der Waals surface area contributed by atoms with Gasteiger partial charge >= 0.3 is 6.01 Å². The summed E-state index contributed by atoms with van der Waals surface area (Å²) in [7, 11) is -1.83. The quantitative estimate of drug-likeness (QED) is 0.615. The first-order valence-electron chi connectivity index (χ1n) is 6.42. The highest BCUT2D eigenvalue weighted by atomic mass is 32.2. The molecule has 21 heavy (non-hydrogen) atoms. The normalized spacial score (nSPS) is 12.0. The highest BCUT2D eigenvalue weighted by Crippen LogP contribution is 2.12. The van der Waals surface area contributed by atoms with Crippen LogP contribution in [0.1, 0.15) is 20.8 Å². The molecule has 1 aromatic rings. The number of nitrogens with zero attached hydrogens (tertiary/aromatic N) is 3. The van der Waals surface area contributed by atoms with E-state index in [-0.39, 0.29) is 6.01 Å². The highest BCUT2D eigenvalue weighted by Gasteiger charge is 2.22. The van der Waals surface area contributed by atoms with Gasteiger partial charge in [0.25, 0.3) is 0 Å². The smallest absolute Gasteiger partial charge is 0.322 e. The minimum atomic E-state index is -3.30. The molecule has 0 saturated heterocycles. The largest absolute Gasteiger partial charge is 0.467 e. The second kappa shape index (κ2) is 6.85. The molecule has 0 bridgehead atoms. The van der Waals surface area contributed by atoms with E-state index < -0.39 is 15.6 Å². The third kappa shape index (κ3) is 6.54. The molecule has 9 nitrogen and oxygen atoms in total. The number of methoxy groups -OCH3 is 1. The van der Waals surface area contributed by atoms with Crippen molar-refractivity contribution in [3.63, 3.8) is 0 Å². The Hall–Kier alpha value is -1.68. The fourth-order valence-electron chi connectivity index (χ4n) is 1.60. The highest BCUT2D eigenvalue weighted by molar-refractivity contribution is 7.88. The minimum absolute atomic E-state index is 0.178. The summed E-state index contributed by atoms with van der Waals surface area (Å²) < 4.78 is 30.1. The predicted octanol–water partition coefficient (Wildman–Crippen LogP) is 0.0517. The number of hydrogen-bond acceptors (Lipinski definition) is 8. The number of anilines is 2. The molecule has 10 heteroatoms. The van der Waals surface area contributed by atoms with Crippen molar-refractivity contribution in [2.45, 2.75) is 26.3 Å². The molecule has 1 rings (SSSR count). The van der Waals surface area contributed by atoms with E-state index in [0.29, 0.717) is 25.0 Å². The van der Waals surface area contributed by atoms with E-state index in [9.17, 15) is 8.42 Å². The standard InChI is InChI=1S/C11H22N6O3S/c1-6-12-8-14-9(16-10(15-8)20-4)13-7-11(2,3)17-21(5,18)19/h17H,6-7H2,1-5H3,(H2,12,13,14,15,16). The van der Waals surface area contributed by atoms with E-state index in [4.69, 9.17) is 4.74 Å². The van der Waals surface area contributed by atoms with Crippen molar-refractivity contribution in [1.29, 1.82) is 0 Å². The topological polar surface area (TPSA) is 118 Å². The zero-order valence-corrected chi connectivity index (χ0v) is 13.7. The van der Waals surface area contributed by atoms with Gasteiger partial charge in [0.05, 0.1) is 13.4 Å². The molecule has 0 aliphatic heterocycles. The number of aromatic nitrogens is 3. The van der Waals surface area contributed by atoms with E-state index in [1.165, 1.54) is 7.11 Å². The zero-order valence-electron chi connectivity index (χ0n) is 12.9. The van der Waals surface area contributed by atoms with E-state index >= 15 is 0 Å². The number of nitrogens with one attached hydrogen (secondary N) is 3. The van der Waals surface area contributed by atoms with Crippen molar-refractivity contribution in [2.24, 2.45) is 0 Å². The Labute approximate surface area is 125 Å². The summed E-state index contributed by atoms with van der Waals surface area (Å²) in [5, 5.41) is 5.94. The Morgan fingerprint density at radius 3 is 2.19 bits per heavy atom. The predicted molar refractivity (Wildman–Crippen MR) is 81.1 cm³/mol. The van der Waals surface area contributed by atoms with Gasteiger partial charge < -0.3 is 15.4 Å². The van der Waals surface area contributed by atoms with Gasteiger partial charge in [-0.05, 0) is 20.8 Å². The average Bonchev–Trinajstić information content (AvgIpc) is 2.34. The van der Waals surface area contributed by atoms with Gasteiger partial charge in [0.1, 0.15) is 0 Å². The van der Waals surface area contributed by atoms with Crippen LogP contribution < -0.4 is 20.1 Å². The van der Waals surface area contributed by atoms with Crippen molar-refractivity contribution in [2.75, 3.05) is 37.1 Å². The average molecular weight is 318 g/mol. The molecule has 120 valence electrons. The molecule has 0 aliphatic carbocycles. The lowest BCUT2D eigenvalue weighted by atomic mass is 10.1. The van der Waals surface area contributed by atoms with Gasteiger partial charge in [0.15, 0.2) is 0 Å². The van der Waals surface area contributed by atoms with Crippen LogP contribution in [0.15, 0.2) is 0 Å². The van der Waals surface area contributed by atoms with Crippen molar-refractivity contribution in [1.82, 2.24) is 19.7 Å². The Kier molecular flexibility index (Phi) is 5.67. The third-order valence-corrected chi connectivity index (χ3v) is 3.21. The van der Waals surface area contributed by atoms with Crippen molar-refractivity contribution in [3.8, 4) is 6.01 Å². The molecular formula is C11H22N6O3S. The molecule has 0 atom stereocenters. The zero-order chi connectivity index (χ0) is 16.1. The van der Waals surface area contributed by atoms with Crippen molar-refractivity contribution >= 4 is 21.9 Å². The van der Waals surface area contributed by atoms with E-state index in [1.54, 1.807) is 13.8 Å². The summed E-state index contributed by atoms with van der Waals surface area (Å²) in [6, 6.07) is 0.178. The molecule has 0 amide bonds. The molecule has 1 heterocycles. The molecule has 0 unspecified atom stereocenters. The number of rotatable bonds is 8. The van der Waals surface area contributed by atoms with Crippen LogP contribution in [-0.4, -0.2) is 55.4 Å². The fraction of sp³-hybridized carbons (Fsp3) is 0.727. The number of ether oxygens (including phenoxy) is 1. The molecule has 3 N–H and O–H groups in total. The maximum atomic E-state index is 11.3. The van der Waals surface area contributed by atoms with Gasteiger partial charge in [-0.15, -0.1) is 0 Å². The summed E-state index contributed by atoms with van der Waals surface area (Å²) >= 11 is 0. The third-order valence-electron chi connectivity index (χ3n) is 2.28. The first-order valence-corrected chi connectivity index (χ1v) is 8.31. The Morgan fingerprint density at radius 2 is 1.71 bits per heavy atom. The van der Waals surface area contributed by atoms with Gasteiger partial charge in [0.2, 0.25) is 21.9 Å². The van der Waals surface area contributed by atoms with Crippen molar-refractivity contribution < 1.29 is 13.2 Å². The van der Waals surface area contributed by atoms with Gasteiger partial charge in [-0.2, -0.15) is 15.0 Å². The molecule has 0 aromatic carbocycles. The molecule has 1 aromatic heterocycles. The van der Waals surface area contributed by atoms with Gasteiger partial charge in [-0.1, -0.05) is 0 Å². The molecule has 0 spiro atoms. The molecular weight excluding hydrogens is 296 g/mol. The SMILES string of the molecule is CCNc1nc(NCC(C)(C)NS(C)(=O)=O)nc(OC)n1. The molecule has 0 fully saturated rings. The minimum Gasteiger partial charge on any atom is -0.467 e. The second-order valence-corrected chi connectivity index (χ2v) is 6.86. The van der Waals surface area contributed by atoms with Crippen LogP contribution in [0.25, 0.3) is 0 Å². The van der Waals surface area contributed by atoms with Crippen LogP contribution in [-0.2, 0) is 10.0 Å². The number of hydrogen-bond donors (Lipinski definition) is 3. The summed E-state index contributed by atoms with van der Waals surface area (Å²) in [5.74, 6) is 0.696. The van der Waals surface area contributed by atoms with Crippen LogP contribution in [0.2, 0.25) is 0 Å². The number of sulfonamides is 1. The van der Waals surface area contributed by atoms with Crippen LogP contribution in [0, 0.1) is 0 Å². The lowest BCUT2D eigenvalue weighted by molar-refractivity contribution is 0.379. The summed E-state index contributed by atoms with van der Waals surface area (Å²) in [4.78, 5) is 12.3. The summed E-state index contributed by atoms with van der Waals surface area (Å²) in [5.41, 5.74) is -0.689. The molecule has 0 radical (unpaired) electrons. The van der Waals surface area contributed by atoms with E-state index in [1.807, 2.05) is 6.92 Å². The molecule has 0 aliphatic rings. The monoisotopic (exact) mass is 318 g/mol. The van der Waals surface area contributed by atoms with Crippen LogP contribution in [0.5, 0.6) is 6.01 Å². The van der Waals surface area contributed by atoms with Crippen LogP contribution >= 0.6 is 0 Å². The van der Waals surface area contributed by atoms with Gasteiger partial charge in [-0.3, -0.25) is 0 Å². The van der Waals surface area contributed by atoms with E-state index in [2.05, 4.69) is 30.3 Å². The first kappa shape index (κ1) is 17.4. The first-order chi connectivity index (χ1) is 9.65.